The number of rotatable bonds is 10. The SMILES string of the molecule is COC(=O)C(Cc1ccccc1)NC(=O)COC(=O)Cc1ccc(OC)cc1OC. The van der Waals surface area contributed by atoms with Gasteiger partial charge in [0.1, 0.15) is 17.5 Å². The van der Waals surface area contributed by atoms with E-state index in [1.54, 1.807) is 18.2 Å². The van der Waals surface area contributed by atoms with E-state index in [1.165, 1.54) is 21.3 Å². The number of amides is 1. The van der Waals surface area contributed by atoms with Gasteiger partial charge in [0.25, 0.3) is 5.91 Å². The van der Waals surface area contributed by atoms with Gasteiger partial charge in [-0.25, -0.2) is 4.79 Å². The minimum Gasteiger partial charge on any atom is -0.497 e. The van der Waals surface area contributed by atoms with Gasteiger partial charge in [-0.15, -0.1) is 0 Å². The second-order valence-electron chi connectivity index (χ2n) is 6.35. The van der Waals surface area contributed by atoms with E-state index < -0.39 is 30.5 Å². The molecule has 1 unspecified atom stereocenters. The van der Waals surface area contributed by atoms with E-state index in [1.807, 2.05) is 30.3 Å². The van der Waals surface area contributed by atoms with Gasteiger partial charge in [0.2, 0.25) is 0 Å². The van der Waals surface area contributed by atoms with Gasteiger partial charge in [0.15, 0.2) is 6.61 Å². The van der Waals surface area contributed by atoms with E-state index in [4.69, 9.17) is 18.9 Å². The van der Waals surface area contributed by atoms with E-state index in [2.05, 4.69) is 5.32 Å². The Hall–Kier alpha value is -3.55. The van der Waals surface area contributed by atoms with Crippen molar-refractivity contribution in [3.63, 3.8) is 0 Å². The van der Waals surface area contributed by atoms with Crippen LogP contribution in [0.25, 0.3) is 0 Å². The standard InChI is InChI=1S/C22H25NO7/c1-27-17-10-9-16(19(13-17)28-2)12-21(25)30-14-20(24)23-18(22(26)29-3)11-15-7-5-4-6-8-15/h4-10,13,18H,11-12,14H2,1-3H3,(H,23,24). The Morgan fingerprint density at radius 1 is 0.967 bits per heavy atom. The molecule has 2 aromatic carbocycles. The summed E-state index contributed by atoms with van der Waals surface area (Å²) in [5.74, 6) is -0.718. The molecule has 30 heavy (non-hydrogen) atoms. The topological polar surface area (TPSA) is 100 Å². The minimum atomic E-state index is -0.884. The highest BCUT2D eigenvalue weighted by Gasteiger charge is 2.22. The number of esters is 2. The van der Waals surface area contributed by atoms with Crippen LogP contribution in [0.2, 0.25) is 0 Å². The molecule has 1 N–H and O–H groups in total. The zero-order valence-electron chi connectivity index (χ0n) is 17.2. The maximum absolute atomic E-state index is 12.2. The molecule has 0 fully saturated rings. The third-order valence-electron chi connectivity index (χ3n) is 4.30. The fourth-order valence-electron chi connectivity index (χ4n) is 2.77. The number of benzene rings is 2. The third kappa shape index (κ3) is 6.80. The lowest BCUT2D eigenvalue weighted by Crippen LogP contribution is -2.44. The number of methoxy groups -OCH3 is 3. The predicted molar refractivity (Wildman–Crippen MR) is 108 cm³/mol. The summed E-state index contributed by atoms with van der Waals surface area (Å²) < 4.78 is 20.1. The zero-order chi connectivity index (χ0) is 21.9. The lowest BCUT2D eigenvalue weighted by molar-refractivity contribution is -0.149. The van der Waals surface area contributed by atoms with Crippen molar-refractivity contribution in [1.29, 1.82) is 0 Å². The quantitative estimate of drug-likeness (QED) is 0.590. The molecular formula is C22H25NO7. The summed E-state index contributed by atoms with van der Waals surface area (Å²) in [5.41, 5.74) is 1.46. The van der Waals surface area contributed by atoms with Crippen molar-refractivity contribution in [2.45, 2.75) is 18.9 Å². The van der Waals surface area contributed by atoms with Crippen LogP contribution in [0.5, 0.6) is 11.5 Å². The molecule has 1 amide bonds. The molecule has 0 heterocycles. The van der Waals surface area contributed by atoms with Gasteiger partial charge in [0, 0.05) is 18.1 Å². The molecule has 0 aromatic heterocycles. The highest BCUT2D eigenvalue weighted by molar-refractivity contribution is 5.86. The van der Waals surface area contributed by atoms with E-state index in [0.29, 0.717) is 17.1 Å². The lowest BCUT2D eigenvalue weighted by Gasteiger charge is -2.16. The van der Waals surface area contributed by atoms with Gasteiger partial charge in [-0.2, -0.15) is 0 Å². The Morgan fingerprint density at radius 2 is 1.70 bits per heavy atom. The molecule has 0 radical (unpaired) electrons. The van der Waals surface area contributed by atoms with Crippen molar-refractivity contribution in [2.75, 3.05) is 27.9 Å². The molecule has 0 aliphatic rings. The summed E-state index contributed by atoms with van der Waals surface area (Å²) in [6.45, 7) is -0.514. The summed E-state index contributed by atoms with van der Waals surface area (Å²) in [6.07, 6.45) is 0.182. The van der Waals surface area contributed by atoms with Gasteiger partial charge in [-0.3, -0.25) is 9.59 Å². The molecule has 0 saturated heterocycles. The van der Waals surface area contributed by atoms with Crippen LogP contribution in [0.4, 0.5) is 0 Å². The van der Waals surface area contributed by atoms with Gasteiger partial charge < -0.3 is 24.3 Å². The molecule has 0 saturated carbocycles. The van der Waals surface area contributed by atoms with Crippen molar-refractivity contribution < 1.29 is 33.3 Å². The number of ether oxygens (including phenoxy) is 4. The molecule has 2 rings (SSSR count). The molecule has 0 aliphatic carbocycles. The molecule has 8 heteroatoms. The molecule has 0 spiro atoms. The molecule has 2 aromatic rings. The number of carbonyl (C=O) groups is 3. The molecule has 160 valence electrons. The van der Waals surface area contributed by atoms with Crippen molar-refractivity contribution in [2.24, 2.45) is 0 Å². The van der Waals surface area contributed by atoms with Crippen LogP contribution in [0.15, 0.2) is 48.5 Å². The van der Waals surface area contributed by atoms with E-state index >= 15 is 0 Å². The van der Waals surface area contributed by atoms with Crippen LogP contribution >= 0.6 is 0 Å². The first-order valence-corrected chi connectivity index (χ1v) is 9.24. The minimum absolute atomic E-state index is 0.0785. The zero-order valence-corrected chi connectivity index (χ0v) is 17.2. The Labute approximate surface area is 175 Å². The highest BCUT2D eigenvalue weighted by Crippen LogP contribution is 2.25. The average Bonchev–Trinajstić information content (AvgIpc) is 2.77. The monoisotopic (exact) mass is 415 g/mol. The average molecular weight is 415 g/mol. The Balaban J connectivity index is 1.90. The molecule has 1 atom stereocenters. The van der Waals surface area contributed by atoms with E-state index in [0.717, 1.165) is 5.56 Å². The van der Waals surface area contributed by atoms with Crippen LogP contribution in [-0.4, -0.2) is 51.8 Å². The van der Waals surface area contributed by atoms with Crippen LogP contribution in [0, 0.1) is 0 Å². The number of carbonyl (C=O) groups excluding carboxylic acids is 3. The first-order valence-electron chi connectivity index (χ1n) is 9.24. The molecule has 0 bridgehead atoms. The Kier molecular flexibility index (Phi) is 8.68. The number of hydrogen-bond acceptors (Lipinski definition) is 7. The number of hydrogen-bond donors (Lipinski definition) is 1. The van der Waals surface area contributed by atoms with Gasteiger partial charge >= 0.3 is 11.9 Å². The fraction of sp³-hybridized carbons (Fsp3) is 0.318. The van der Waals surface area contributed by atoms with Crippen molar-refractivity contribution in [3.8, 4) is 11.5 Å². The smallest absolute Gasteiger partial charge is 0.328 e. The van der Waals surface area contributed by atoms with Gasteiger partial charge in [-0.1, -0.05) is 36.4 Å². The van der Waals surface area contributed by atoms with Crippen molar-refractivity contribution in [1.82, 2.24) is 5.32 Å². The first-order chi connectivity index (χ1) is 14.5. The van der Waals surface area contributed by atoms with Gasteiger partial charge in [-0.05, 0) is 11.6 Å². The van der Waals surface area contributed by atoms with Crippen LogP contribution < -0.4 is 14.8 Å². The lowest BCUT2D eigenvalue weighted by atomic mass is 10.1. The van der Waals surface area contributed by atoms with Crippen molar-refractivity contribution >= 4 is 17.8 Å². The highest BCUT2D eigenvalue weighted by atomic mass is 16.5. The molecule has 8 nitrogen and oxygen atoms in total. The third-order valence-corrected chi connectivity index (χ3v) is 4.30. The molecular weight excluding hydrogens is 390 g/mol. The summed E-state index contributed by atoms with van der Waals surface area (Å²) >= 11 is 0. The predicted octanol–water partition coefficient (Wildman–Crippen LogP) is 1.69. The van der Waals surface area contributed by atoms with Gasteiger partial charge in [0.05, 0.1) is 27.8 Å². The summed E-state index contributed by atoms with van der Waals surface area (Å²) in [7, 11) is 4.26. The Morgan fingerprint density at radius 3 is 2.33 bits per heavy atom. The van der Waals surface area contributed by atoms with E-state index in [9.17, 15) is 14.4 Å². The first kappa shape index (κ1) is 22.7. The van der Waals surface area contributed by atoms with Crippen LogP contribution in [0.1, 0.15) is 11.1 Å². The maximum atomic E-state index is 12.2. The second-order valence-corrected chi connectivity index (χ2v) is 6.35. The Bertz CT molecular complexity index is 867. The normalized spacial score (nSPS) is 11.2. The largest absolute Gasteiger partial charge is 0.497 e. The van der Waals surface area contributed by atoms with Crippen molar-refractivity contribution in [3.05, 3.63) is 59.7 Å². The van der Waals surface area contributed by atoms with E-state index in [-0.39, 0.29) is 12.8 Å². The molecule has 0 aliphatic heterocycles. The maximum Gasteiger partial charge on any atom is 0.328 e. The number of nitrogens with one attached hydrogen (secondary N) is 1. The summed E-state index contributed by atoms with van der Waals surface area (Å²) in [4.78, 5) is 36.3. The van der Waals surface area contributed by atoms with Crippen LogP contribution in [0.3, 0.4) is 0 Å². The fourth-order valence-corrected chi connectivity index (χ4v) is 2.77. The summed E-state index contributed by atoms with van der Waals surface area (Å²) in [6, 6.07) is 13.3. The van der Waals surface area contributed by atoms with Crippen LogP contribution in [-0.2, 0) is 36.7 Å². The second kappa shape index (κ2) is 11.5. The summed E-state index contributed by atoms with van der Waals surface area (Å²) in [5, 5.41) is 2.54.